The summed E-state index contributed by atoms with van der Waals surface area (Å²) in [5.74, 6) is 0. The van der Waals surface area contributed by atoms with Gasteiger partial charge < -0.3 is 4.90 Å². The van der Waals surface area contributed by atoms with Gasteiger partial charge in [-0.1, -0.05) is 143 Å². The Morgan fingerprint density at radius 3 is 2.00 bits per heavy atom. The van der Waals surface area contributed by atoms with Gasteiger partial charge in [-0.15, -0.1) is 0 Å². The van der Waals surface area contributed by atoms with Crippen LogP contribution in [0.1, 0.15) is 78.7 Å². The van der Waals surface area contributed by atoms with Crippen molar-refractivity contribution in [2.75, 3.05) is 4.90 Å². The molecule has 0 saturated carbocycles. The molecule has 0 spiro atoms. The van der Waals surface area contributed by atoms with Crippen LogP contribution < -0.4 is 4.90 Å². The number of nitrogens with zero attached hydrogens (tertiary/aromatic N) is 1. The van der Waals surface area contributed by atoms with E-state index in [1.54, 1.807) is 27.7 Å². The van der Waals surface area contributed by atoms with Crippen LogP contribution in [0.15, 0.2) is 151 Å². The molecule has 7 aromatic rings. The minimum absolute atomic E-state index is 0.000814. The standard InChI is InChI=1S/C46H37N/c1-45(2)39-20-12-11-19-36(39)37-26-23-33(28-41(37)45)47(32-17-9-6-10-18-32)34-24-27-38-42(29-34)46(3,4)40-21-13-16-31-22-25-35(44(38)43(31)40)30-14-7-5-8-15-30/h5-29H,1-4H3/i5D,6D,7D,8D,9D,10D,11D,13D,14D,16D,17D,19D,20D,21D,22D,23D,24D,26D,27D,28D,29D. The lowest BCUT2D eigenvalue weighted by Crippen LogP contribution is -2.24. The van der Waals surface area contributed by atoms with Crippen LogP contribution in [0.2, 0.25) is 0 Å². The molecule has 0 unspecified atom stereocenters. The van der Waals surface area contributed by atoms with Crippen molar-refractivity contribution in [1.29, 1.82) is 0 Å². The number of hydrogen-bond donors (Lipinski definition) is 0. The fourth-order valence-electron chi connectivity index (χ4n) is 6.84. The number of hydrogen-bond acceptors (Lipinski definition) is 1. The molecule has 2 aliphatic rings. The maximum Gasteiger partial charge on any atom is 0.0648 e. The lowest BCUT2D eigenvalue weighted by atomic mass is 9.67. The van der Waals surface area contributed by atoms with Gasteiger partial charge in [0.15, 0.2) is 0 Å². The first kappa shape index (κ1) is 13.8. The van der Waals surface area contributed by atoms with Gasteiger partial charge in [0.25, 0.3) is 0 Å². The number of anilines is 3. The molecule has 226 valence electrons. The van der Waals surface area contributed by atoms with Gasteiger partial charge in [-0.25, -0.2) is 0 Å². The zero-order valence-electron chi connectivity index (χ0n) is 46.8. The predicted molar refractivity (Wildman–Crippen MR) is 199 cm³/mol. The molecule has 1 heteroatoms. The maximum absolute atomic E-state index is 10.3. The van der Waals surface area contributed by atoms with Crippen molar-refractivity contribution in [2.45, 2.75) is 38.5 Å². The van der Waals surface area contributed by atoms with Crippen molar-refractivity contribution in [3.05, 3.63) is 173 Å². The van der Waals surface area contributed by atoms with Crippen LogP contribution in [0, 0.1) is 0 Å². The van der Waals surface area contributed by atoms with Crippen LogP contribution in [0.4, 0.5) is 17.1 Å². The molecule has 0 aliphatic heterocycles. The van der Waals surface area contributed by atoms with Gasteiger partial charge in [-0.3, -0.25) is 0 Å². The van der Waals surface area contributed by atoms with E-state index in [0.29, 0.717) is 0 Å². The fraction of sp³-hybridized carbons (Fsp3) is 0.130. The second kappa shape index (κ2) is 10.0. The molecular formula is C46H37N. The molecule has 47 heavy (non-hydrogen) atoms. The molecule has 0 amide bonds. The van der Waals surface area contributed by atoms with Gasteiger partial charge in [-0.2, -0.15) is 0 Å². The van der Waals surface area contributed by atoms with Gasteiger partial charge in [0.2, 0.25) is 0 Å². The van der Waals surface area contributed by atoms with Crippen LogP contribution in [0.5, 0.6) is 0 Å². The average molecular weight is 625 g/mol. The van der Waals surface area contributed by atoms with Crippen LogP contribution in [0.3, 0.4) is 0 Å². The summed E-state index contributed by atoms with van der Waals surface area (Å²) in [6, 6.07) is -7.36. The number of para-hydroxylation sites is 1. The number of rotatable bonds is 4. The molecule has 0 bridgehead atoms. The summed E-state index contributed by atoms with van der Waals surface area (Å²) in [5, 5.41) is -0.119. The van der Waals surface area contributed by atoms with E-state index in [4.69, 9.17) is 17.8 Å². The number of benzene rings is 7. The smallest absolute Gasteiger partial charge is 0.0648 e. The fourth-order valence-corrected chi connectivity index (χ4v) is 6.84. The highest BCUT2D eigenvalue weighted by Crippen LogP contribution is 2.54. The van der Waals surface area contributed by atoms with Crippen molar-refractivity contribution in [3.8, 4) is 33.4 Å². The minimum Gasteiger partial charge on any atom is -0.310 e. The minimum atomic E-state index is -1.65. The van der Waals surface area contributed by atoms with E-state index in [-0.39, 0.29) is 90.6 Å². The van der Waals surface area contributed by atoms with Gasteiger partial charge in [0, 0.05) is 27.9 Å². The molecule has 0 heterocycles. The van der Waals surface area contributed by atoms with Crippen molar-refractivity contribution in [2.24, 2.45) is 0 Å². The van der Waals surface area contributed by atoms with Crippen molar-refractivity contribution in [3.63, 3.8) is 0 Å². The quantitative estimate of drug-likeness (QED) is 0.188. The molecule has 0 aromatic heterocycles. The molecule has 0 radical (unpaired) electrons. The monoisotopic (exact) mass is 624 g/mol. The summed E-state index contributed by atoms with van der Waals surface area (Å²) in [4.78, 5) is 0.898. The zero-order valence-corrected chi connectivity index (χ0v) is 25.8. The Hall–Kier alpha value is -5.40. The van der Waals surface area contributed by atoms with Gasteiger partial charge in [0.1, 0.15) is 0 Å². The summed E-state index contributed by atoms with van der Waals surface area (Å²) in [7, 11) is 0. The molecule has 7 aromatic carbocycles. The molecule has 0 fully saturated rings. The van der Waals surface area contributed by atoms with Gasteiger partial charge in [-0.05, 0) is 103 Å². The van der Waals surface area contributed by atoms with E-state index >= 15 is 0 Å². The first-order chi connectivity index (χ1) is 31.5. The highest BCUT2D eigenvalue weighted by molar-refractivity contribution is 6.09. The van der Waals surface area contributed by atoms with E-state index in [1.807, 2.05) is 0 Å². The molecule has 1 nitrogen and oxygen atoms in total. The van der Waals surface area contributed by atoms with Gasteiger partial charge in [0.05, 0.1) is 28.8 Å². The summed E-state index contributed by atoms with van der Waals surface area (Å²) in [5.41, 5.74) is -5.14. The molecular weight excluding hydrogens is 567 g/mol. The topological polar surface area (TPSA) is 3.24 Å². The third-order valence-corrected chi connectivity index (χ3v) is 9.15. The van der Waals surface area contributed by atoms with E-state index in [2.05, 4.69) is 0 Å². The third-order valence-electron chi connectivity index (χ3n) is 9.15. The SMILES string of the molecule is [2H]c1cc(-c2cc([2H])c3c([2H])c([2H])c([2H])c4c3c2-c2c([2H])c([2H])c(N(c3cc([2H])c([2H])c([2H])c3[2H])c3c([2H])c([2H])c5c(c3[2H])C(C)(C)c3c([2H])cc([2H])c([2H])c3-5)c([2H])c2C4(C)C)c([2H])c([2H])c1[2H]. The Morgan fingerprint density at radius 1 is 0.468 bits per heavy atom. The third kappa shape index (κ3) is 4.02. The largest absolute Gasteiger partial charge is 0.310 e. The molecule has 0 atom stereocenters. The van der Waals surface area contributed by atoms with E-state index in [1.165, 1.54) is 12.1 Å². The predicted octanol–water partition coefficient (Wildman–Crippen LogP) is 12.6. The van der Waals surface area contributed by atoms with Crippen molar-refractivity contribution in [1.82, 2.24) is 0 Å². The average Bonchev–Trinajstić information content (AvgIpc) is 3.52. The van der Waals surface area contributed by atoms with Crippen LogP contribution >= 0.6 is 0 Å². The number of fused-ring (bicyclic) bond motifs is 5. The Morgan fingerprint density at radius 2 is 1.17 bits per heavy atom. The lowest BCUT2D eigenvalue weighted by molar-refractivity contribution is 0.645. The van der Waals surface area contributed by atoms with Crippen LogP contribution in [-0.4, -0.2) is 0 Å². The highest BCUT2D eigenvalue weighted by atomic mass is 15.1. The Balaban J connectivity index is 1.50. The zero-order chi connectivity index (χ0) is 50.2. The normalized spacial score (nSPS) is 21.0. The summed E-state index contributed by atoms with van der Waals surface area (Å²) in [6.07, 6.45) is 0. The summed E-state index contributed by atoms with van der Waals surface area (Å²) < 4.78 is 191. The van der Waals surface area contributed by atoms with E-state index < -0.39 is 131 Å². The van der Waals surface area contributed by atoms with E-state index in [9.17, 15) is 11.0 Å². The lowest BCUT2D eigenvalue weighted by Gasteiger charge is -2.37. The summed E-state index contributed by atoms with van der Waals surface area (Å²) in [6.45, 7) is 6.37. The first-order valence-electron chi connectivity index (χ1n) is 25.5. The second-order valence-corrected chi connectivity index (χ2v) is 12.5. The summed E-state index contributed by atoms with van der Waals surface area (Å²) >= 11 is 0. The highest BCUT2D eigenvalue weighted by Gasteiger charge is 2.37. The molecule has 9 rings (SSSR count). The Bertz CT molecular complexity index is 3540. The van der Waals surface area contributed by atoms with Crippen molar-refractivity contribution >= 4 is 27.8 Å². The van der Waals surface area contributed by atoms with Crippen molar-refractivity contribution < 1.29 is 28.8 Å². The second-order valence-electron chi connectivity index (χ2n) is 12.5. The van der Waals surface area contributed by atoms with E-state index in [0.717, 1.165) is 17.0 Å². The molecule has 0 N–H and O–H groups in total. The van der Waals surface area contributed by atoms with Gasteiger partial charge >= 0.3 is 0 Å². The molecule has 0 saturated heterocycles. The Labute approximate surface area is 307 Å². The van der Waals surface area contributed by atoms with Crippen LogP contribution in [0.25, 0.3) is 44.2 Å². The van der Waals surface area contributed by atoms with Crippen LogP contribution in [-0.2, 0) is 10.8 Å². The first-order valence-corrected chi connectivity index (χ1v) is 15.0. The Kier molecular flexibility index (Phi) is 2.94. The molecule has 2 aliphatic carbocycles. The maximum atomic E-state index is 10.3.